The number of benzene rings is 3. The fourth-order valence-corrected chi connectivity index (χ4v) is 4.91. The van der Waals surface area contributed by atoms with Gasteiger partial charge in [-0.1, -0.05) is 60.3 Å². The van der Waals surface area contributed by atoms with E-state index < -0.39 is 9.67 Å². The standard InChI is InChI=1S/C30H26N4O4S/c1-19-10-13-22(34(36)37)16-26(19)33-29(35)30(2,3)39-28-25(18-31)24(20-11-14-23(38-4)15-12-20)17-27(32-28)21-8-6-5-7-9-21/h5-17H,1-4H3,(H,33,35). The number of rotatable bonds is 8. The van der Waals surface area contributed by atoms with Crippen molar-refractivity contribution in [3.05, 3.63) is 100 Å². The predicted molar refractivity (Wildman–Crippen MR) is 153 cm³/mol. The number of carbonyl (C=O) groups is 1. The molecule has 0 saturated heterocycles. The molecule has 1 heterocycles. The van der Waals surface area contributed by atoms with E-state index in [1.807, 2.05) is 60.7 Å². The Kier molecular flexibility index (Phi) is 7.98. The highest BCUT2D eigenvalue weighted by molar-refractivity contribution is 8.01. The highest BCUT2D eigenvalue weighted by Gasteiger charge is 2.32. The van der Waals surface area contributed by atoms with Gasteiger partial charge in [-0.2, -0.15) is 5.26 Å². The van der Waals surface area contributed by atoms with Gasteiger partial charge >= 0.3 is 0 Å². The Morgan fingerprint density at radius 1 is 1.05 bits per heavy atom. The van der Waals surface area contributed by atoms with Crippen LogP contribution in [0.1, 0.15) is 25.0 Å². The molecule has 4 aromatic rings. The highest BCUT2D eigenvalue weighted by Crippen LogP contribution is 2.40. The van der Waals surface area contributed by atoms with E-state index in [9.17, 15) is 20.2 Å². The normalized spacial score (nSPS) is 10.9. The Morgan fingerprint density at radius 3 is 2.36 bits per heavy atom. The predicted octanol–water partition coefficient (Wildman–Crippen LogP) is 7.02. The zero-order valence-electron chi connectivity index (χ0n) is 21.9. The number of carbonyl (C=O) groups excluding carboxylic acids is 1. The minimum Gasteiger partial charge on any atom is -0.497 e. The Morgan fingerprint density at radius 2 is 1.74 bits per heavy atom. The third-order valence-electron chi connectivity index (χ3n) is 6.15. The van der Waals surface area contributed by atoms with Gasteiger partial charge in [0.25, 0.3) is 5.69 Å². The quantitative estimate of drug-likeness (QED) is 0.145. The molecule has 0 fully saturated rings. The van der Waals surface area contributed by atoms with E-state index in [0.717, 1.165) is 22.9 Å². The molecule has 0 unspecified atom stereocenters. The van der Waals surface area contributed by atoms with Crippen LogP contribution in [0.2, 0.25) is 0 Å². The lowest BCUT2D eigenvalue weighted by molar-refractivity contribution is -0.384. The number of nitriles is 1. The zero-order chi connectivity index (χ0) is 28.2. The second-order valence-corrected chi connectivity index (χ2v) is 10.9. The van der Waals surface area contributed by atoms with Crippen molar-refractivity contribution in [3.63, 3.8) is 0 Å². The monoisotopic (exact) mass is 538 g/mol. The summed E-state index contributed by atoms with van der Waals surface area (Å²) in [6, 6.07) is 25.5. The van der Waals surface area contributed by atoms with Crippen molar-refractivity contribution >= 4 is 29.0 Å². The molecular weight excluding hydrogens is 512 g/mol. The van der Waals surface area contributed by atoms with E-state index in [1.165, 1.54) is 12.1 Å². The van der Waals surface area contributed by atoms with Gasteiger partial charge in [0.2, 0.25) is 5.91 Å². The molecule has 196 valence electrons. The molecule has 0 saturated carbocycles. The first-order valence-corrected chi connectivity index (χ1v) is 12.8. The maximum Gasteiger partial charge on any atom is 0.271 e. The number of nitrogens with one attached hydrogen (secondary N) is 1. The van der Waals surface area contributed by atoms with Crippen molar-refractivity contribution in [1.29, 1.82) is 5.26 Å². The molecule has 0 spiro atoms. The molecule has 1 aromatic heterocycles. The number of nitro groups is 1. The number of thioether (sulfide) groups is 1. The molecule has 8 nitrogen and oxygen atoms in total. The van der Waals surface area contributed by atoms with E-state index in [1.54, 1.807) is 33.9 Å². The number of pyridine rings is 1. The summed E-state index contributed by atoms with van der Waals surface area (Å²) in [5, 5.41) is 24.7. The summed E-state index contributed by atoms with van der Waals surface area (Å²) in [5.41, 5.74) is 4.30. The van der Waals surface area contributed by atoms with Gasteiger partial charge in [0.05, 0.1) is 33.7 Å². The number of aromatic nitrogens is 1. The molecule has 1 N–H and O–H groups in total. The highest BCUT2D eigenvalue weighted by atomic mass is 32.2. The topological polar surface area (TPSA) is 118 Å². The van der Waals surface area contributed by atoms with Crippen LogP contribution in [0.3, 0.4) is 0 Å². The summed E-state index contributed by atoms with van der Waals surface area (Å²) in [6.07, 6.45) is 0. The number of amides is 1. The molecule has 39 heavy (non-hydrogen) atoms. The van der Waals surface area contributed by atoms with Crippen LogP contribution in [0.5, 0.6) is 5.75 Å². The van der Waals surface area contributed by atoms with E-state index in [0.29, 0.717) is 38.8 Å². The molecule has 1 amide bonds. The molecule has 0 aliphatic rings. The summed E-state index contributed by atoms with van der Waals surface area (Å²) in [7, 11) is 1.59. The molecule has 9 heteroatoms. The van der Waals surface area contributed by atoms with Crippen molar-refractivity contribution in [2.75, 3.05) is 12.4 Å². The average Bonchev–Trinajstić information content (AvgIpc) is 2.94. The smallest absolute Gasteiger partial charge is 0.271 e. The molecular formula is C30H26N4O4S. The van der Waals surface area contributed by atoms with Gasteiger partial charge in [-0.15, -0.1) is 0 Å². The lowest BCUT2D eigenvalue weighted by atomic mass is 9.99. The van der Waals surface area contributed by atoms with Crippen LogP contribution >= 0.6 is 11.8 Å². The number of hydrogen-bond acceptors (Lipinski definition) is 7. The summed E-state index contributed by atoms with van der Waals surface area (Å²) in [5.74, 6) is 0.316. The van der Waals surface area contributed by atoms with E-state index in [4.69, 9.17) is 9.72 Å². The minimum atomic E-state index is -1.08. The first-order chi connectivity index (χ1) is 18.6. The fourth-order valence-electron chi connectivity index (χ4n) is 3.88. The van der Waals surface area contributed by atoms with Crippen molar-refractivity contribution in [1.82, 2.24) is 4.98 Å². The molecule has 4 rings (SSSR count). The SMILES string of the molecule is COc1ccc(-c2cc(-c3ccccc3)nc(SC(C)(C)C(=O)Nc3cc([N+](=O)[O-])ccc3C)c2C#N)cc1. The summed E-state index contributed by atoms with van der Waals surface area (Å²) in [4.78, 5) is 29.0. The maximum atomic E-state index is 13.4. The average molecular weight is 539 g/mol. The molecule has 0 atom stereocenters. The number of non-ortho nitro benzene ring substituents is 1. The van der Waals surface area contributed by atoms with Crippen LogP contribution in [-0.2, 0) is 4.79 Å². The second kappa shape index (κ2) is 11.4. The van der Waals surface area contributed by atoms with E-state index in [2.05, 4.69) is 11.4 Å². The molecule has 0 aliphatic carbocycles. The van der Waals surface area contributed by atoms with Gasteiger partial charge in [0, 0.05) is 23.3 Å². The van der Waals surface area contributed by atoms with Crippen LogP contribution in [0, 0.1) is 28.4 Å². The van der Waals surface area contributed by atoms with Crippen LogP contribution < -0.4 is 10.1 Å². The first kappa shape index (κ1) is 27.4. The van der Waals surface area contributed by atoms with Gasteiger partial charge in [-0.05, 0) is 50.1 Å². The van der Waals surface area contributed by atoms with Crippen LogP contribution in [0.15, 0.2) is 83.9 Å². The third-order valence-corrected chi connectivity index (χ3v) is 7.33. The Balaban J connectivity index is 1.76. The van der Waals surface area contributed by atoms with Gasteiger partial charge in [0.15, 0.2) is 0 Å². The summed E-state index contributed by atoms with van der Waals surface area (Å²) < 4.78 is 4.20. The van der Waals surface area contributed by atoms with Gasteiger partial charge in [-0.25, -0.2) is 4.98 Å². The second-order valence-electron chi connectivity index (χ2n) is 9.26. The zero-order valence-corrected chi connectivity index (χ0v) is 22.7. The maximum absolute atomic E-state index is 13.4. The van der Waals surface area contributed by atoms with Crippen molar-refractivity contribution in [3.8, 4) is 34.2 Å². The number of nitrogens with zero attached hydrogens (tertiary/aromatic N) is 3. The van der Waals surface area contributed by atoms with E-state index in [-0.39, 0.29) is 11.6 Å². The molecule has 0 aliphatic heterocycles. The van der Waals surface area contributed by atoms with Gasteiger partial charge < -0.3 is 10.1 Å². The van der Waals surface area contributed by atoms with Crippen LogP contribution in [-0.4, -0.2) is 27.7 Å². The Labute approximate surface area is 230 Å². The number of methoxy groups -OCH3 is 1. The number of ether oxygens (including phenoxy) is 1. The lowest BCUT2D eigenvalue weighted by Gasteiger charge is -2.24. The largest absolute Gasteiger partial charge is 0.497 e. The van der Waals surface area contributed by atoms with Crippen molar-refractivity contribution in [2.24, 2.45) is 0 Å². The van der Waals surface area contributed by atoms with Crippen LogP contribution in [0.4, 0.5) is 11.4 Å². The number of aryl methyl sites for hydroxylation is 1. The van der Waals surface area contributed by atoms with Crippen LogP contribution in [0.25, 0.3) is 22.4 Å². The van der Waals surface area contributed by atoms with Gasteiger partial charge in [-0.3, -0.25) is 14.9 Å². The lowest BCUT2D eigenvalue weighted by Crippen LogP contribution is -2.34. The summed E-state index contributed by atoms with van der Waals surface area (Å²) in [6.45, 7) is 5.22. The van der Waals surface area contributed by atoms with Gasteiger partial charge in [0.1, 0.15) is 16.8 Å². The number of nitro benzene ring substituents is 1. The fraction of sp³-hybridized carbons (Fsp3) is 0.167. The van der Waals surface area contributed by atoms with Crippen molar-refractivity contribution in [2.45, 2.75) is 30.5 Å². The Hall–Kier alpha value is -4.68. The number of hydrogen-bond donors (Lipinski definition) is 1. The summed E-state index contributed by atoms with van der Waals surface area (Å²) >= 11 is 1.16. The molecule has 0 bridgehead atoms. The molecule has 3 aromatic carbocycles. The third kappa shape index (κ3) is 6.08. The minimum absolute atomic E-state index is 0.116. The van der Waals surface area contributed by atoms with E-state index >= 15 is 0 Å². The first-order valence-electron chi connectivity index (χ1n) is 12.0. The number of anilines is 1. The van der Waals surface area contributed by atoms with Crippen molar-refractivity contribution < 1.29 is 14.5 Å². The molecule has 0 radical (unpaired) electrons. The Bertz CT molecular complexity index is 1580.